The maximum atomic E-state index is 11.6. The van der Waals surface area contributed by atoms with E-state index in [9.17, 15) is 4.79 Å². The van der Waals surface area contributed by atoms with Crippen molar-refractivity contribution in [3.05, 3.63) is 45.5 Å². The Kier molecular flexibility index (Phi) is 7.43. The molecule has 0 saturated heterocycles. The van der Waals surface area contributed by atoms with Gasteiger partial charge in [0, 0.05) is 12.1 Å². The van der Waals surface area contributed by atoms with E-state index in [2.05, 4.69) is 16.5 Å². The average molecular weight is 355 g/mol. The van der Waals surface area contributed by atoms with E-state index >= 15 is 0 Å². The molecule has 0 heterocycles. The van der Waals surface area contributed by atoms with Crippen LogP contribution in [-0.4, -0.2) is 25.3 Å². The third-order valence-electron chi connectivity index (χ3n) is 3.60. The molecule has 0 bridgehead atoms. The summed E-state index contributed by atoms with van der Waals surface area (Å²) in [5.41, 5.74) is 2.08. The molecule has 0 radical (unpaired) electrons. The van der Waals surface area contributed by atoms with Gasteiger partial charge < -0.3 is 10.2 Å². The van der Waals surface area contributed by atoms with E-state index in [1.54, 1.807) is 18.2 Å². The highest BCUT2D eigenvalue weighted by Gasteiger charge is 2.05. The standard InChI is InChI=1S/C17H20Cl2N2O2/c18-15-8-4-7-14(17(15)19)11-21-23-12-16(22)20-10-9-13-5-2-1-3-6-13/h4-5,7-8,11H,1-3,6,9-10,12H2,(H,20,22)/b21-11-. The van der Waals surface area contributed by atoms with Crippen LogP contribution < -0.4 is 5.32 Å². The van der Waals surface area contributed by atoms with E-state index in [4.69, 9.17) is 28.0 Å². The van der Waals surface area contributed by atoms with Crippen LogP contribution in [0, 0.1) is 0 Å². The summed E-state index contributed by atoms with van der Waals surface area (Å²) in [6.07, 6.45) is 9.47. The van der Waals surface area contributed by atoms with E-state index in [0.717, 1.165) is 19.3 Å². The number of benzene rings is 1. The Hall–Kier alpha value is -1.52. The van der Waals surface area contributed by atoms with Gasteiger partial charge in [-0.1, -0.05) is 52.1 Å². The zero-order chi connectivity index (χ0) is 16.5. The van der Waals surface area contributed by atoms with Crippen LogP contribution >= 0.6 is 23.2 Å². The normalized spacial score (nSPS) is 14.6. The number of hydrogen-bond acceptors (Lipinski definition) is 3. The summed E-state index contributed by atoms with van der Waals surface area (Å²) in [4.78, 5) is 16.6. The highest BCUT2D eigenvalue weighted by Crippen LogP contribution is 2.24. The molecule has 2 rings (SSSR count). The summed E-state index contributed by atoms with van der Waals surface area (Å²) in [6, 6.07) is 5.22. The number of carbonyl (C=O) groups is 1. The third-order valence-corrected chi connectivity index (χ3v) is 4.43. The minimum absolute atomic E-state index is 0.117. The van der Waals surface area contributed by atoms with Gasteiger partial charge in [0.2, 0.25) is 0 Å². The van der Waals surface area contributed by atoms with Gasteiger partial charge in [0.25, 0.3) is 5.91 Å². The fourth-order valence-electron chi connectivity index (χ4n) is 2.36. The Morgan fingerprint density at radius 1 is 1.35 bits per heavy atom. The second-order valence-corrected chi connectivity index (χ2v) is 6.14. The summed E-state index contributed by atoms with van der Waals surface area (Å²) in [5.74, 6) is -0.184. The van der Waals surface area contributed by atoms with Crippen molar-refractivity contribution < 1.29 is 9.63 Å². The Morgan fingerprint density at radius 3 is 3.00 bits per heavy atom. The highest BCUT2D eigenvalue weighted by molar-refractivity contribution is 6.43. The molecular weight excluding hydrogens is 335 g/mol. The maximum Gasteiger partial charge on any atom is 0.260 e. The fourth-order valence-corrected chi connectivity index (χ4v) is 2.71. The second kappa shape index (κ2) is 9.58. The number of nitrogens with one attached hydrogen (secondary N) is 1. The van der Waals surface area contributed by atoms with Crippen LogP contribution in [0.2, 0.25) is 10.0 Å². The summed E-state index contributed by atoms with van der Waals surface area (Å²) >= 11 is 11.9. The molecule has 23 heavy (non-hydrogen) atoms. The molecule has 0 unspecified atom stereocenters. The zero-order valence-corrected chi connectivity index (χ0v) is 14.4. The SMILES string of the molecule is O=C(CO/N=C\c1cccc(Cl)c1Cl)NCCC1=CCCCC1. The first kappa shape index (κ1) is 17.8. The van der Waals surface area contributed by atoms with Crippen molar-refractivity contribution in [1.29, 1.82) is 0 Å². The molecule has 1 N–H and O–H groups in total. The van der Waals surface area contributed by atoms with Crippen molar-refractivity contribution >= 4 is 35.3 Å². The Morgan fingerprint density at radius 2 is 2.22 bits per heavy atom. The average Bonchev–Trinajstić information content (AvgIpc) is 2.56. The van der Waals surface area contributed by atoms with E-state index in [0.29, 0.717) is 22.2 Å². The molecule has 1 aromatic rings. The van der Waals surface area contributed by atoms with E-state index in [-0.39, 0.29) is 12.5 Å². The van der Waals surface area contributed by atoms with Crippen LogP contribution in [0.25, 0.3) is 0 Å². The highest BCUT2D eigenvalue weighted by atomic mass is 35.5. The van der Waals surface area contributed by atoms with Gasteiger partial charge in [-0.25, -0.2) is 0 Å². The van der Waals surface area contributed by atoms with Crippen molar-refractivity contribution in [2.24, 2.45) is 5.16 Å². The molecule has 6 heteroatoms. The molecule has 4 nitrogen and oxygen atoms in total. The predicted molar refractivity (Wildman–Crippen MR) is 94.2 cm³/mol. The Balaban J connectivity index is 1.65. The fraction of sp³-hybridized carbons (Fsp3) is 0.412. The molecular formula is C17H20Cl2N2O2. The lowest BCUT2D eigenvalue weighted by atomic mass is 9.97. The molecule has 0 fully saturated rings. The van der Waals surface area contributed by atoms with Crippen LogP contribution in [0.1, 0.15) is 37.7 Å². The second-order valence-electron chi connectivity index (χ2n) is 5.36. The number of amides is 1. The van der Waals surface area contributed by atoms with Gasteiger partial charge in [-0.05, 0) is 38.2 Å². The van der Waals surface area contributed by atoms with E-state index in [1.807, 2.05) is 0 Å². The number of carbonyl (C=O) groups excluding carboxylic acids is 1. The van der Waals surface area contributed by atoms with Crippen molar-refractivity contribution in [2.75, 3.05) is 13.2 Å². The van der Waals surface area contributed by atoms with Crippen molar-refractivity contribution in [1.82, 2.24) is 5.32 Å². The van der Waals surface area contributed by atoms with Crippen molar-refractivity contribution in [3.8, 4) is 0 Å². The van der Waals surface area contributed by atoms with Gasteiger partial charge in [0.05, 0.1) is 16.3 Å². The maximum absolute atomic E-state index is 11.6. The van der Waals surface area contributed by atoms with Crippen molar-refractivity contribution in [3.63, 3.8) is 0 Å². The van der Waals surface area contributed by atoms with Crippen LogP contribution in [0.4, 0.5) is 0 Å². The topological polar surface area (TPSA) is 50.7 Å². The minimum Gasteiger partial charge on any atom is -0.386 e. The Bertz CT molecular complexity index is 600. The molecule has 1 amide bonds. The molecule has 124 valence electrons. The molecule has 0 aliphatic heterocycles. The van der Waals surface area contributed by atoms with E-state index < -0.39 is 0 Å². The van der Waals surface area contributed by atoms with Crippen LogP contribution in [-0.2, 0) is 9.63 Å². The smallest absolute Gasteiger partial charge is 0.260 e. The van der Waals surface area contributed by atoms with Crippen LogP contribution in [0.15, 0.2) is 35.0 Å². The largest absolute Gasteiger partial charge is 0.386 e. The molecule has 1 aliphatic rings. The molecule has 0 atom stereocenters. The van der Waals surface area contributed by atoms with Gasteiger partial charge in [0.15, 0.2) is 6.61 Å². The lowest BCUT2D eigenvalue weighted by molar-refractivity contribution is -0.125. The number of allylic oxidation sites excluding steroid dienone is 1. The van der Waals surface area contributed by atoms with Gasteiger partial charge in [-0.15, -0.1) is 0 Å². The summed E-state index contributed by atoms with van der Waals surface area (Å²) in [6.45, 7) is 0.519. The number of oxime groups is 1. The van der Waals surface area contributed by atoms with Crippen LogP contribution in [0.5, 0.6) is 0 Å². The predicted octanol–water partition coefficient (Wildman–Crippen LogP) is 4.35. The van der Waals surface area contributed by atoms with Gasteiger partial charge in [-0.2, -0.15) is 0 Å². The van der Waals surface area contributed by atoms with E-state index in [1.165, 1.54) is 24.6 Å². The lowest BCUT2D eigenvalue weighted by Crippen LogP contribution is -2.28. The summed E-state index contributed by atoms with van der Waals surface area (Å²) in [7, 11) is 0. The van der Waals surface area contributed by atoms with Gasteiger partial charge >= 0.3 is 0 Å². The van der Waals surface area contributed by atoms with Gasteiger partial charge in [0.1, 0.15) is 0 Å². The quantitative estimate of drug-likeness (QED) is 0.449. The first-order chi connectivity index (χ1) is 11.2. The first-order valence-corrected chi connectivity index (χ1v) is 8.46. The molecule has 0 spiro atoms. The minimum atomic E-state index is -0.184. The number of hydrogen-bond donors (Lipinski definition) is 1. The first-order valence-electron chi connectivity index (χ1n) is 7.71. The zero-order valence-electron chi connectivity index (χ0n) is 12.9. The molecule has 1 aromatic carbocycles. The third kappa shape index (κ3) is 6.24. The summed E-state index contributed by atoms with van der Waals surface area (Å²) < 4.78 is 0. The summed E-state index contributed by atoms with van der Waals surface area (Å²) in [5, 5.41) is 7.42. The molecule has 1 aliphatic carbocycles. The Labute approximate surface area is 146 Å². The number of nitrogens with zero attached hydrogens (tertiary/aromatic N) is 1. The molecule has 0 saturated carbocycles. The number of halogens is 2. The van der Waals surface area contributed by atoms with Crippen LogP contribution in [0.3, 0.4) is 0 Å². The number of rotatable bonds is 7. The molecule has 0 aromatic heterocycles. The monoisotopic (exact) mass is 354 g/mol. The van der Waals surface area contributed by atoms with Gasteiger partial charge in [-0.3, -0.25) is 4.79 Å². The lowest BCUT2D eigenvalue weighted by Gasteiger charge is -2.12. The van der Waals surface area contributed by atoms with Crippen molar-refractivity contribution in [2.45, 2.75) is 32.1 Å².